The summed E-state index contributed by atoms with van der Waals surface area (Å²) in [6.45, 7) is 1.62. The summed E-state index contributed by atoms with van der Waals surface area (Å²) in [5, 5.41) is 0. The van der Waals surface area contributed by atoms with Crippen molar-refractivity contribution in [3.63, 3.8) is 0 Å². The van der Waals surface area contributed by atoms with E-state index in [1.807, 2.05) is 0 Å². The van der Waals surface area contributed by atoms with E-state index < -0.39 is 7.11 Å². The van der Waals surface area contributed by atoms with Crippen molar-refractivity contribution < 1.29 is 17.4 Å². The van der Waals surface area contributed by atoms with Crippen LogP contribution in [0.4, 0.5) is 12.9 Å². The minimum absolute atomic E-state index is 0.287. The lowest BCUT2D eigenvalue weighted by molar-refractivity contribution is -0.576. The smallest absolute Gasteiger partial charge is 0.379 e. The molecule has 0 aliphatic heterocycles. The molecule has 0 aliphatic carbocycles. The molecule has 0 unspecified atom stereocenters. The molecule has 0 atom stereocenters. The first-order valence-electron chi connectivity index (χ1n) is 3.17. The molecular weight excluding hydrogens is 154 g/mol. The number of aryl methyl sites for hydroxylation is 1. The van der Waals surface area contributed by atoms with Crippen LogP contribution in [0.3, 0.4) is 0 Å². The maximum Gasteiger partial charge on any atom is 0.810 e. The molecule has 0 N–H and O–H groups in total. The summed E-state index contributed by atoms with van der Waals surface area (Å²) in [5.74, 6) is 0. The van der Waals surface area contributed by atoms with Crippen molar-refractivity contribution in [1.82, 2.24) is 0 Å². The summed E-state index contributed by atoms with van der Waals surface area (Å²) in [7, 11) is -4.91. The highest BCUT2D eigenvalue weighted by molar-refractivity contribution is 6.48. The van der Waals surface area contributed by atoms with Gasteiger partial charge in [0.15, 0.2) is 0 Å². The van der Waals surface area contributed by atoms with Crippen molar-refractivity contribution in [3.05, 3.63) is 30.1 Å². The normalized spacial score (nSPS) is 11.6. The zero-order chi connectivity index (χ0) is 8.48. The second kappa shape index (κ2) is 2.56. The Balaban J connectivity index is 3.06. The Morgan fingerprint density at radius 1 is 1.36 bits per heavy atom. The Labute approximate surface area is 62.6 Å². The Bertz CT molecular complexity index is 258. The van der Waals surface area contributed by atoms with Gasteiger partial charge in [-0.25, -0.2) is 0 Å². The number of halogens is 3. The largest absolute Gasteiger partial charge is 0.810 e. The lowest BCUT2D eigenvalue weighted by Crippen LogP contribution is -2.55. The highest BCUT2D eigenvalue weighted by atomic mass is 19.4. The first kappa shape index (κ1) is 8.10. The van der Waals surface area contributed by atoms with Gasteiger partial charge in [-0.3, -0.25) is 0 Å². The average molecular weight is 161 g/mol. The van der Waals surface area contributed by atoms with Gasteiger partial charge in [0.25, 0.3) is 0 Å². The molecule has 0 saturated heterocycles. The number of aromatic nitrogens is 1. The van der Waals surface area contributed by atoms with Crippen LogP contribution in [0.2, 0.25) is 0 Å². The first-order chi connectivity index (χ1) is 5.00. The first-order valence-corrected chi connectivity index (χ1v) is 3.17. The molecule has 1 rings (SSSR count). The molecule has 0 fully saturated rings. The van der Waals surface area contributed by atoms with E-state index in [1.165, 1.54) is 6.07 Å². The maximum absolute atomic E-state index is 12.0. The van der Waals surface area contributed by atoms with Crippen molar-refractivity contribution in [2.75, 3.05) is 0 Å². The zero-order valence-corrected chi connectivity index (χ0v) is 5.97. The molecule has 0 radical (unpaired) electrons. The van der Waals surface area contributed by atoms with E-state index in [0.717, 1.165) is 12.4 Å². The van der Waals surface area contributed by atoms with Gasteiger partial charge in [0.2, 0.25) is 0 Å². The average Bonchev–Trinajstić information content (AvgIpc) is 1.86. The Morgan fingerprint density at radius 2 is 2.00 bits per heavy atom. The van der Waals surface area contributed by atoms with Gasteiger partial charge in [0, 0.05) is 5.56 Å². The van der Waals surface area contributed by atoms with E-state index >= 15 is 0 Å². The SMILES string of the molecule is Cc1ccc[n+]([B-](F)(F)F)c1. The van der Waals surface area contributed by atoms with Crippen LogP contribution >= 0.6 is 0 Å². The molecular formula is C6H7BF3N. The van der Waals surface area contributed by atoms with Gasteiger partial charge in [0.1, 0.15) is 12.4 Å². The minimum atomic E-state index is -4.91. The fraction of sp³-hybridized carbons (Fsp3) is 0.167. The van der Waals surface area contributed by atoms with Gasteiger partial charge in [-0.1, -0.05) is 0 Å². The Hall–Kier alpha value is -0.995. The monoisotopic (exact) mass is 161 g/mol. The molecule has 0 bridgehead atoms. The van der Waals surface area contributed by atoms with E-state index in [9.17, 15) is 12.9 Å². The molecule has 0 saturated carbocycles. The standard InChI is InChI=1S/C6H7BF3N/c1-6-3-2-4-11(5-6)7(8,9)10/h2-5H,1H3. The summed E-state index contributed by atoms with van der Waals surface area (Å²) in [6.07, 6.45) is 2.08. The lowest BCUT2D eigenvalue weighted by atomic mass is 10.1. The predicted octanol–water partition coefficient (Wildman–Crippen LogP) is 1.47. The molecule has 5 heteroatoms. The third-order valence-corrected chi connectivity index (χ3v) is 1.31. The van der Waals surface area contributed by atoms with Crippen LogP contribution in [-0.4, -0.2) is 7.11 Å². The van der Waals surface area contributed by atoms with Crippen LogP contribution in [0.15, 0.2) is 24.5 Å². The van der Waals surface area contributed by atoms with Crippen molar-refractivity contribution in [2.45, 2.75) is 6.92 Å². The fourth-order valence-corrected chi connectivity index (χ4v) is 0.798. The summed E-state index contributed by atoms with van der Waals surface area (Å²) < 4.78 is 36.3. The van der Waals surface area contributed by atoms with Crippen LogP contribution < -0.4 is 4.48 Å². The van der Waals surface area contributed by atoms with Crippen molar-refractivity contribution >= 4 is 7.11 Å². The topological polar surface area (TPSA) is 3.88 Å². The second-order valence-electron chi connectivity index (χ2n) is 2.37. The second-order valence-corrected chi connectivity index (χ2v) is 2.37. The van der Waals surface area contributed by atoms with E-state index in [2.05, 4.69) is 0 Å². The maximum atomic E-state index is 12.0. The quantitative estimate of drug-likeness (QED) is 0.549. The van der Waals surface area contributed by atoms with Gasteiger partial charge in [-0.2, -0.15) is 0 Å². The van der Waals surface area contributed by atoms with E-state index in [-0.39, 0.29) is 4.48 Å². The zero-order valence-electron chi connectivity index (χ0n) is 5.97. The summed E-state index contributed by atoms with van der Waals surface area (Å²) >= 11 is 0. The molecule has 0 aliphatic rings. The number of nitrogens with zero attached hydrogens (tertiary/aromatic N) is 1. The summed E-state index contributed by atoms with van der Waals surface area (Å²) in [4.78, 5) is 0. The highest BCUT2D eigenvalue weighted by Gasteiger charge is 2.40. The molecule has 1 heterocycles. The number of hydrogen-bond acceptors (Lipinski definition) is 0. The summed E-state index contributed by atoms with van der Waals surface area (Å²) in [6, 6.07) is 3.00. The van der Waals surface area contributed by atoms with E-state index in [0.29, 0.717) is 5.56 Å². The van der Waals surface area contributed by atoms with Crippen molar-refractivity contribution in [1.29, 1.82) is 0 Å². The third-order valence-electron chi connectivity index (χ3n) is 1.31. The van der Waals surface area contributed by atoms with Crippen molar-refractivity contribution in [2.24, 2.45) is 0 Å². The van der Waals surface area contributed by atoms with Gasteiger partial charge in [0.05, 0.1) is 0 Å². The molecule has 1 aromatic rings. The molecule has 60 valence electrons. The van der Waals surface area contributed by atoms with Crippen LogP contribution in [0, 0.1) is 6.92 Å². The van der Waals surface area contributed by atoms with Gasteiger partial charge < -0.3 is 17.4 Å². The van der Waals surface area contributed by atoms with Crippen LogP contribution in [0.5, 0.6) is 0 Å². The molecule has 0 spiro atoms. The molecule has 1 nitrogen and oxygen atoms in total. The Kier molecular flexibility index (Phi) is 1.89. The van der Waals surface area contributed by atoms with E-state index in [1.54, 1.807) is 13.0 Å². The van der Waals surface area contributed by atoms with Gasteiger partial charge in [-0.05, 0) is 19.1 Å². The molecule has 1 aromatic heterocycles. The number of pyridine rings is 1. The van der Waals surface area contributed by atoms with Gasteiger partial charge >= 0.3 is 7.11 Å². The van der Waals surface area contributed by atoms with E-state index in [4.69, 9.17) is 0 Å². The number of hydrogen-bond donors (Lipinski definition) is 0. The number of rotatable bonds is 1. The third kappa shape index (κ3) is 1.96. The van der Waals surface area contributed by atoms with Crippen LogP contribution in [0.1, 0.15) is 5.56 Å². The fourth-order valence-electron chi connectivity index (χ4n) is 0.798. The lowest BCUT2D eigenvalue weighted by Gasteiger charge is -2.07. The van der Waals surface area contributed by atoms with Crippen LogP contribution in [-0.2, 0) is 0 Å². The molecule has 0 amide bonds. The van der Waals surface area contributed by atoms with Gasteiger partial charge in [-0.15, -0.1) is 0 Å². The molecule has 11 heavy (non-hydrogen) atoms. The predicted molar refractivity (Wildman–Crippen MR) is 35.9 cm³/mol. The highest BCUT2D eigenvalue weighted by Crippen LogP contribution is 2.03. The minimum Gasteiger partial charge on any atom is -0.379 e. The molecule has 0 aromatic carbocycles. The van der Waals surface area contributed by atoms with Crippen molar-refractivity contribution in [3.8, 4) is 0 Å². The van der Waals surface area contributed by atoms with Crippen LogP contribution in [0.25, 0.3) is 0 Å². The Morgan fingerprint density at radius 3 is 2.36 bits per heavy atom. The summed E-state index contributed by atoms with van der Waals surface area (Å²) in [5.41, 5.74) is 0.603.